The summed E-state index contributed by atoms with van der Waals surface area (Å²) < 4.78 is 0. The average Bonchev–Trinajstić information content (AvgIpc) is 3.41. The van der Waals surface area contributed by atoms with Crippen molar-refractivity contribution in [2.24, 2.45) is 5.73 Å². The molecule has 0 bridgehead atoms. The van der Waals surface area contributed by atoms with E-state index in [-0.39, 0.29) is 48.7 Å². The molecule has 2 heterocycles. The summed E-state index contributed by atoms with van der Waals surface area (Å²) in [4.78, 5) is 56.1. The first-order chi connectivity index (χ1) is 19.4. The van der Waals surface area contributed by atoms with Crippen LogP contribution in [0.3, 0.4) is 0 Å². The Bertz CT molecular complexity index is 1090. The lowest BCUT2D eigenvalue weighted by molar-refractivity contribution is -0.147. The molecule has 2 aromatic rings. The van der Waals surface area contributed by atoms with E-state index in [9.17, 15) is 19.2 Å². The lowest BCUT2D eigenvalue weighted by Gasteiger charge is -2.39. The van der Waals surface area contributed by atoms with E-state index in [1.54, 1.807) is 16.7 Å². The highest BCUT2D eigenvalue weighted by molar-refractivity contribution is 5.93. The van der Waals surface area contributed by atoms with Gasteiger partial charge < -0.3 is 26.2 Å². The molecule has 2 aliphatic rings. The largest absolute Gasteiger partial charge is 0.343 e. The molecule has 216 valence electrons. The van der Waals surface area contributed by atoms with Crippen molar-refractivity contribution in [3.63, 3.8) is 0 Å². The van der Waals surface area contributed by atoms with Gasteiger partial charge in [0, 0.05) is 32.0 Å². The Hall–Kier alpha value is -3.72. The summed E-state index contributed by atoms with van der Waals surface area (Å²) in [5.74, 6) is -0.764. The molecule has 0 aromatic heterocycles. The van der Waals surface area contributed by atoms with Gasteiger partial charge in [-0.1, -0.05) is 74.5 Å². The summed E-state index contributed by atoms with van der Waals surface area (Å²) in [6.07, 6.45) is 3.18. The quantitative estimate of drug-likeness (QED) is 0.467. The highest BCUT2D eigenvalue weighted by atomic mass is 16.2. The van der Waals surface area contributed by atoms with Gasteiger partial charge in [-0.2, -0.15) is 0 Å². The van der Waals surface area contributed by atoms with E-state index in [1.165, 1.54) is 7.05 Å². The van der Waals surface area contributed by atoms with Crippen LogP contribution < -0.4 is 16.4 Å². The van der Waals surface area contributed by atoms with Crippen molar-refractivity contribution in [1.29, 1.82) is 0 Å². The number of nitrogens with one attached hydrogen (secondary N) is 2. The van der Waals surface area contributed by atoms with Crippen molar-refractivity contribution in [2.45, 2.75) is 76.5 Å². The van der Waals surface area contributed by atoms with Crippen LogP contribution in [-0.2, 0) is 19.2 Å². The topological polar surface area (TPSA) is 125 Å². The predicted molar refractivity (Wildman–Crippen MR) is 155 cm³/mol. The second-order valence-corrected chi connectivity index (χ2v) is 10.1. The lowest BCUT2D eigenvalue weighted by Crippen LogP contribution is -2.61. The van der Waals surface area contributed by atoms with Crippen LogP contribution in [0.15, 0.2) is 60.7 Å². The van der Waals surface area contributed by atoms with Gasteiger partial charge in [0.05, 0.1) is 6.04 Å². The van der Waals surface area contributed by atoms with Crippen LogP contribution in [0.5, 0.6) is 0 Å². The summed E-state index contributed by atoms with van der Waals surface area (Å²) in [7, 11) is 1.50. The number of nitrogens with zero attached hydrogens (tertiary/aromatic N) is 2. The van der Waals surface area contributed by atoms with Crippen LogP contribution in [0, 0.1) is 0 Å². The molecule has 2 saturated heterocycles. The monoisotopic (exact) mass is 549 g/mol. The van der Waals surface area contributed by atoms with Gasteiger partial charge in [0.25, 0.3) is 0 Å². The van der Waals surface area contributed by atoms with Crippen LogP contribution in [0.2, 0.25) is 0 Å². The van der Waals surface area contributed by atoms with Gasteiger partial charge in [-0.25, -0.2) is 0 Å². The minimum atomic E-state index is -0.876. The zero-order valence-electron chi connectivity index (χ0n) is 23.8. The number of hydrogen-bond donors (Lipinski definition) is 3. The number of carbonyl (C=O) groups is 4. The minimum Gasteiger partial charge on any atom is -0.343 e. The molecular formula is C31H43N5O4. The van der Waals surface area contributed by atoms with Gasteiger partial charge >= 0.3 is 0 Å². The summed E-state index contributed by atoms with van der Waals surface area (Å²) >= 11 is 0. The molecule has 9 nitrogen and oxygen atoms in total. The number of hydrogen-bond acceptors (Lipinski definition) is 5. The SMILES string of the molecule is CCCC(=O)N1CC[C@H]2CCC(C(=O)NC(c3ccccc3)c3ccccc3)N2C(=O)C(NC(=O)CC)C1.CN. The van der Waals surface area contributed by atoms with Gasteiger partial charge in [-0.15, -0.1) is 0 Å². The highest BCUT2D eigenvalue weighted by Gasteiger charge is 2.45. The molecule has 2 aliphatic heterocycles. The third-order valence-electron chi connectivity index (χ3n) is 7.52. The van der Waals surface area contributed by atoms with Gasteiger partial charge in [0.15, 0.2) is 0 Å². The van der Waals surface area contributed by atoms with E-state index in [0.717, 1.165) is 17.5 Å². The first-order valence-electron chi connectivity index (χ1n) is 14.3. The van der Waals surface area contributed by atoms with E-state index < -0.39 is 12.1 Å². The van der Waals surface area contributed by atoms with Crippen molar-refractivity contribution < 1.29 is 19.2 Å². The molecule has 40 heavy (non-hydrogen) atoms. The second kappa shape index (κ2) is 15.2. The van der Waals surface area contributed by atoms with Crippen LogP contribution in [0.4, 0.5) is 0 Å². The van der Waals surface area contributed by atoms with Crippen molar-refractivity contribution in [3.8, 4) is 0 Å². The molecule has 9 heteroatoms. The summed E-state index contributed by atoms with van der Waals surface area (Å²) in [5.41, 5.74) is 6.41. The molecule has 0 radical (unpaired) electrons. The molecule has 2 aromatic carbocycles. The Labute approximate surface area is 237 Å². The fourth-order valence-corrected chi connectivity index (χ4v) is 5.52. The van der Waals surface area contributed by atoms with Crippen LogP contribution in [0.25, 0.3) is 0 Å². The first kappa shape index (κ1) is 30.8. The minimum absolute atomic E-state index is 0.00893. The maximum absolute atomic E-state index is 13.9. The number of fused-ring (bicyclic) bond motifs is 1. The second-order valence-electron chi connectivity index (χ2n) is 10.1. The van der Waals surface area contributed by atoms with E-state index >= 15 is 0 Å². The molecule has 2 unspecified atom stereocenters. The smallest absolute Gasteiger partial charge is 0.247 e. The van der Waals surface area contributed by atoms with E-state index in [2.05, 4.69) is 16.4 Å². The van der Waals surface area contributed by atoms with Crippen LogP contribution in [0.1, 0.15) is 69.5 Å². The zero-order valence-corrected chi connectivity index (χ0v) is 23.8. The molecule has 0 saturated carbocycles. The molecule has 0 aliphatic carbocycles. The molecule has 4 rings (SSSR count). The number of nitrogens with two attached hydrogens (primary N) is 1. The average molecular weight is 550 g/mol. The molecule has 4 N–H and O–H groups in total. The zero-order chi connectivity index (χ0) is 29.1. The number of benzene rings is 2. The molecule has 2 fully saturated rings. The van der Waals surface area contributed by atoms with Gasteiger partial charge in [-0.05, 0) is 43.9 Å². The Morgan fingerprint density at radius 1 is 0.925 bits per heavy atom. The van der Waals surface area contributed by atoms with Gasteiger partial charge in [-0.3, -0.25) is 19.2 Å². The van der Waals surface area contributed by atoms with E-state index in [1.807, 2.05) is 67.6 Å². The van der Waals surface area contributed by atoms with Crippen LogP contribution in [-0.4, -0.2) is 71.7 Å². The van der Waals surface area contributed by atoms with Crippen molar-refractivity contribution in [1.82, 2.24) is 20.4 Å². The summed E-state index contributed by atoms with van der Waals surface area (Å²) in [5, 5.41) is 6.03. The number of rotatable bonds is 8. The van der Waals surface area contributed by atoms with Gasteiger partial charge in [0.1, 0.15) is 12.1 Å². The van der Waals surface area contributed by atoms with Crippen molar-refractivity contribution in [3.05, 3.63) is 71.8 Å². The standard InChI is InChI=1S/C30H38N4O4.CH5N/c1-3-11-27(36)33-19-18-23-16-17-25(34(23)30(38)24(20-33)31-26(35)4-2)29(37)32-28(21-12-7-5-8-13-21)22-14-9-6-10-15-22;1-2/h5-10,12-15,23-25,28H,3-4,11,16-20H2,1-2H3,(H,31,35)(H,32,37);2H2,1H3/t23-,24?,25?;/m1./s1. The number of carbonyl (C=O) groups excluding carboxylic acids is 4. The Kier molecular flexibility index (Phi) is 11.7. The predicted octanol–water partition coefficient (Wildman–Crippen LogP) is 2.75. The molecule has 3 atom stereocenters. The Balaban J connectivity index is 0.00000216. The van der Waals surface area contributed by atoms with Crippen molar-refractivity contribution >= 4 is 23.6 Å². The maximum Gasteiger partial charge on any atom is 0.247 e. The molecule has 0 spiro atoms. The molecular weight excluding hydrogens is 506 g/mol. The summed E-state index contributed by atoms with van der Waals surface area (Å²) in [6.45, 7) is 4.29. The third kappa shape index (κ3) is 7.47. The first-order valence-corrected chi connectivity index (χ1v) is 14.3. The fourth-order valence-electron chi connectivity index (χ4n) is 5.52. The molecule has 4 amide bonds. The van der Waals surface area contributed by atoms with E-state index in [0.29, 0.717) is 32.2 Å². The summed E-state index contributed by atoms with van der Waals surface area (Å²) in [6, 6.07) is 17.5. The van der Waals surface area contributed by atoms with E-state index in [4.69, 9.17) is 0 Å². The fraction of sp³-hybridized carbons (Fsp3) is 0.484. The number of amides is 4. The van der Waals surface area contributed by atoms with Crippen LogP contribution >= 0.6 is 0 Å². The van der Waals surface area contributed by atoms with Gasteiger partial charge in [0.2, 0.25) is 23.6 Å². The van der Waals surface area contributed by atoms with Crippen molar-refractivity contribution in [2.75, 3.05) is 20.1 Å². The Morgan fingerprint density at radius 2 is 1.52 bits per heavy atom. The maximum atomic E-state index is 13.9. The third-order valence-corrected chi connectivity index (χ3v) is 7.52. The Morgan fingerprint density at radius 3 is 2.08 bits per heavy atom. The normalized spacial score (nSPS) is 20.5. The highest BCUT2D eigenvalue weighted by Crippen LogP contribution is 2.31. The lowest BCUT2D eigenvalue weighted by atomic mass is 9.98.